The minimum absolute atomic E-state index is 0.714. The van der Waals surface area contributed by atoms with Crippen LogP contribution < -0.4 is 5.14 Å². The second-order valence-electron chi connectivity index (χ2n) is 3.84. The first kappa shape index (κ1) is 6.95. The van der Waals surface area contributed by atoms with E-state index in [2.05, 4.69) is 11.9 Å². The van der Waals surface area contributed by atoms with Crippen LogP contribution in [-0.2, 0) is 0 Å². The van der Waals surface area contributed by atoms with Crippen molar-refractivity contribution in [3.05, 3.63) is 0 Å². The van der Waals surface area contributed by atoms with Gasteiger partial charge in [0.2, 0.25) is 0 Å². The average Bonchev–Trinajstić information content (AvgIpc) is 1.74. The number of nitrogens with zero attached hydrogens (tertiary/aromatic N) is 1. The summed E-state index contributed by atoms with van der Waals surface area (Å²) < 4.78 is 0. The van der Waals surface area contributed by atoms with Crippen LogP contribution >= 0.6 is 11.9 Å². The standard InChI is InChI=1S/C7H14N2S/c1-9-4-7(5-9)2-6(3-7)10-8/h6H,2-5,8H2,1H3. The Morgan fingerprint density at radius 1 is 1.50 bits per heavy atom. The molecule has 2 fully saturated rings. The maximum absolute atomic E-state index is 5.47. The van der Waals surface area contributed by atoms with Crippen LogP contribution in [0.25, 0.3) is 0 Å². The van der Waals surface area contributed by atoms with Crippen LogP contribution in [0.2, 0.25) is 0 Å². The van der Waals surface area contributed by atoms with E-state index >= 15 is 0 Å². The molecule has 2 aliphatic rings. The molecule has 2 N–H and O–H groups in total. The first-order chi connectivity index (χ1) is 4.74. The maximum Gasteiger partial charge on any atom is 0.0203 e. The molecule has 1 aliphatic heterocycles. The summed E-state index contributed by atoms with van der Waals surface area (Å²) in [5, 5.41) is 6.24. The first-order valence-electron chi connectivity index (χ1n) is 3.78. The Morgan fingerprint density at radius 3 is 2.50 bits per heavy atom. The average molecular weight is 158 g/mol. The van der Waals surface area contributed by atoms with Crippen LogP contribution in [0.1, 0.15) is 12.8 Å². The summed E-state index contributed by atoms with van der Waals surface area (Å²) in [5.74, 6) is 0. The summed E-state index contributed by atoms with van der Waals surface area (Å²) in [6, 6.07) is 0. The highest BCUT2D eigenvalue weighted by atomic mass is 32.2. The van der Waals surface area contributed by atoms with Crippen LogP contribution in [0.5, 0.6) is 0 Å². The maximum atomic E-state index is 5.47. The van der Waals surface area contributed by atoms with Crippen LogP contribution in [0.4, 0.5) is 0 Å². The zero-order valence-corrected chi connectivity index (χ0v) is 7.16. The molecular formula is C7H14N2S. The first-order valence-corrected chi connectivity index (χ1v) is 4.72. The molecule has 3 heteroatoms. The Balaban J connectivity index is 1.80. The molecule has 0 bridgehead atoms. The van der Waals surface area contributed by atoms with Crippen molar-refractivity contribution in [2.45, 2.75) is 18.1 Å². The Bertz CT molecular complexity index is 135. The largest absolute Gasteiger partial charge is 0.305 e. The van der Waals surface area contributed by atoms with E-state index in [1.54, 1.807) is 11.9 Å². The molecule has 2 nitrogen and oxygen atoms in total. The second-order valence-corrected chi connectivity index (χ2v) is 4.78. The predicted molar refractivity (Wildman–Crippen MR) is 44.7 cm³/mol. The third-order valence-corrected chi connectivity index (χ3v) is 3.44. The van der Waals surface area contributed by atoms with Crippen molar-refractivity contribution in [1.82, 2.24) is 4.90 Å². The Labute approximate surface area is 66.3 Å². The van der Waals surface area contributed by atoms with E-state index in [9.17, 15) is 0 Å². The van der Waals surface area contributed by atoms with Gasteiger partial charge in [0.25, 0.3) is 0 Å². The predicted octanol–water partition coefficient (Wildman–Crippen LogP) is 0.688. The fourth-order valence-electron chi connectivity index (χ4n) is 2.36. The number of hydrogen-bond acceptors (Lipinski definition) is 3. The third-order valence-electron chi connectivity index (χ3n) is 2.72. The molecule has 58 valence electrons. The highest BCUT2D eigenvalue weighted by Gasteiger charge is 2.50. The van der Waals surface area contributed by atoms with Gasteiger partial charge in [0, 0.05) is 18.3 Å². The van der Waals surface area contributed by atoms with Crippen molar-refractivity contribution in [1.29, 1.82) is 0 Å². The van der Waals surface area contributed by atoms with Gasteiger partial charge < -0.3 is 4.90 Å². The van der Waals surface area contributed by atoms with Gasteiger partial charge in [-0.15, -0.1) is 0 Å². The van der Waals surface area contributed by atoms with Gasteiger partial charge in [0.05, 0.1) is 0 Å². The lowest BCUT2D eigenvalue weighted by atomic mass is 9.63. The summed E-state index contributed by atoms with van der Waals surface area (Å²) in [6.45, 7) is 2.62. The molecule has 1 spiro atoms. The molecule has 0 aromatic heterocycles. The summed E-state index contributed by atoms with van der Waals surface area (Å²) in [4.78, 5) is 2.39. The van der Waals surface area contributed by atoms with Crippen LogP contribution in [0.15, 0.2) is 0 Å². The van der Waals surface area contributed by atoms with Crippen LogP contribution in [0, 0.1) is 5.41 Å². The van der Waals surface area contributed by atoms with Gasteiger partial charge in [0.1, 0.15) is 0 Å². The molecule has 0 aromatic rings. The zero-order chi connectivity index (χ0) is 7.19. The molecule has 0 aromatic carbocycles. The van der Waals surface area contributed by atoms with E-state index in [-0.39, 0.29) is 0 Å². The van der Waals surface area contributed by atoms with Crippen LogP contribution in [0.3, 0.4) is 0 Å². The minimum atomic E-state index is 0.714. The monoisotopic (exact) mass is 158 g/mol. The van der Waals surface area contributed by atoms with Gasteiger partial charge in [-0.05, 0) is 25.3 Å². The molecule has 2 rings (SSSR count). The Kier molecular flexibility index (Phi) is 1.48. The highest BCUT2D eigenvalue weighted by Crippen LogP contribution is 2.50. The fourth-order valence-corrected chi connectivity index (χ4v) is 3.26. The SMILES string of the molecule is CN1CC2(CC(SN)C2)C1. The van der Waals surface area contributed by atoms with E-state index in [1.807, 2.05) is 0 Å². The molecule has 0 radical (unpaired) electrons. The molecule has 1 saturated heterocycles. The van der Waals surface area contributed by atoms with Crippen molar-refractivity contribution in [2.75, 3.05) is 20.1 Å². The molecule has 1 saturated carbocycles. The van der Waals surface area contributed by atoms with E-state index in [1.165, 1.54) is 25.9 Å². The molecule has 10 heavy (non-hydrogen) atoms. The van der Waals surface area contributed by atoms with Gasteiger partial charge in [-0.1, -0.05) is 11.9 Å². The van der Waals surface area contributed by atoms with E-state index in [0.29, 0.717) is 5.41 Å². The van der Waals surface area contributed by atoms with Gasteiger partial charge in [0.15, 0.2) is 0 Å². The van der Waals surface area contributed by atoms with Gasteiger partial charge >= 0.3 is 0 Å². The topological polar surface area (TPSA) is 29.3 Å². The van der Waals surface area contributed by atoms with E-state index < -0.39 is 0 Å². The molecule has 0 amide bonds. The third kappa shape index (κ3) is 0.881. The number of likely N-dealkylation sites (tertiary alicyclic amines) is 1. The van der Waals surface area contributed by atoms with Crippen molar-refractivity contribution in [3.8, 4) is 0 Å². The highest BCUT2D eigenvalue weighted by molar-refractivity contribution is 7.97. The molecule has 1 heterocycles. The quantitative estimate of drug-likeness (QED) is 0.569. The van der Waals surface area contributed by atoms with E-state index in [0.717, 1.165) is 5.25 Å². The smallest absolute Gasteiger partial charge is 0.0203 e. The Morgan fingerprint density at radius 2 is 2.10 bits per heavy atom. The molecular weight excluding hydrogens is 144 g/mol. The van der Waals surface area contributed by atoms with Crippen LogP contribution in [-0.4, -0.2) is 30.3 Å². The van der Waals surface area contributed by atoms with E-state index in [4.69, 9.17) is 5.14 Å². The zero-order valence-electron chi connectivity index (χ0n) is 6.34. The molecule has 1 aliphatic carbocycles. The van der Waals surface area contributed by atoms with Crippen molar-refractivity contribution >= 4 is 11.9 Å². The van der Waals surface area contributed by atoms with Gasteiger partial charge in [-0.2, -0.15) is 0 Å². The summed E-state index contributed by atoms with van der Waals surface area (Å²) >= 11 is 1.55. The lowest BCUT2D eigenvalue weighted by Crippen LogP contribution is -2.61. The number of rotatable bonds is 1. The minimum Gasteiger partial charge on any atom is -0.305 e. The summed E-state index contributed by atoms with van der Waals surface area (Å²) in [7, 11) is 2.19. The normalized spacial score (nSPS) is 31.8. The Hall–Kier alpha value is 0.270. The number of nitrogens with two attached hydrogens (primary N) is 1. The van der Waals surface area contributed by atoms with Crippen molar-refractivity contribution in [2.24, 2.45) is 10.6 Å². The lowest BCUT2D eigenvalue weighted by Gasteiger charge is -2.57. The summed E-state index contributed by atoms with van der Waals surface area (Å²) in [6.07, 6.45) is 2.72. The van der Waals surface area contributed by atoms with Gasteiger partial charge in [-0.25, -0.2) is 0 Å². The second kappa shape index (κ2) is 2.13. The molecule has 0 unspecified atom stereocenters. The molecule has 0 atom stereocenters. The van der Waals surface area contributed by atoms with Crippen molar-refractivity contribution < 1.29 is 0 Å². The van der Waals surface area contributed by atoms with Gasteiger partial charge in [-0.3, -0.25) is 5.14 Å². The van der Waals surface area contributed by atoms with Crippen molar-refractivity contribution in [3.63, 3.8) is 0 Å². The fraction of sp³-hybridized carbons (Fsp3) is 1.00. The number of hydrogen-bond donors (Lipinski definition) is 1. The summed E-state index contributed by atoms with van der Waals surface area (Å²) in [5.41, 5.74) is 0.714. The lowest BCUT2D eigenvalue weighted by molar-refractivity contribution is -0.0389.